The molecule has 3 rings (SSSR count). The summed E-state index contributed by atoms with van der Waals surface area (Å²) in [5.74, 6) is 0.647. The van der Waals surface area contributed by atoms with Gasteiger partial charge in [-0.05, 0) is 6.07 Å². The second kappa shape index (κ2) is 3.10. The second-order valence-corrected chi connectivity index (χ2v) is 3.53. The van der Waals surface area contributed by atoms with Crippen LogP contribution in [0, 0.1) is 0 Å². The molecule has 5 heteroatoms. The number of aromatic nitrogens is 4. The first-order valence-corrected chi connectivity index (χ1v) is 4.87. The summed E-state index contributed by atoms with van der Waals surface area (Å²) in [4.78, 5) is 15.6. The summed E-state index contributed by atoms with van der Waals surface area (Å²) in [5.41, 5.74) is 0.891. The molecule has 1 aromatic carbocycles. The van der Waals surface area contributed by atoms with Gasteiger partial charge in [0, 0.05) is 18.5 Å². The van der Waals surface area contributed by atoms with E-state index in [2.05, 4.69) is 15.2 Å². The molecule has 0 aliphatic carbocycles. The number of fused-ring (bicyclic) bond motifs is 3. The third kappa shape index (κ3) is 1.11. The third-order valence-corrected chi connectivity index (χ3v) is 2.46. The highest BCUT2D eigenvalue weighted by Gasteiger charge is 2.12. The van der Waals surface area contributed by atoms with Gasteiger partial charge in [0.1, 0.15) is 0 Å². The average Bonchev–Trinajstić information content (AvgIpc) is 2.73. The number of ketones is 1. The van der Waals surface area contributed by atoms with Crippen molar-refractivity contribution in [3.8, 4) is 0 Å². The Kier molecular flexibility index (Phi) is 1.73. The molecule has 0 bridgehead atoms. The van der Waals surface area contributed by atoms with E-state index in [4.69, 9.17) is 0 Å². The van der Waals surface area contributed by atoms with Crippen molar-refractivity contribution >= 4 is 22.5 Å². The van der Waals surface area contributed by atoms with Crippen LogP contribution in [-0.2, 0) is 0 Å². The maximum Gasteiger partial charge on any atom is 0.255 e. The zero-order chi connectivity index (χ0) is 11.1. The molecule has 0 spiro atoms. The molecule has 0 aliphatic rings. The van der Waals surface area contributed by atoms with Crippen LogP contribution >= 0.6 is 0 Å². The molecule has 16 heavy (non-hydrogen) atoms. The number of hydrogen-bond donors (Lipinski definition) is 0. The molecule has 0 saturated carbocycles. The van der Waals surface area contributed by atoms with Crippen molar-refractivity contribution in [1.82, 2.24) is 19.6 Å². The minimum atomic E-state index is -0.120. The number of carbonyl (C=O) groups is 1. The maximum absolute atomic E-state index is 11.4. The molecule has 0 atom stereocenters. The molecule has 5 nitrogen and oxygen atoms in total. The highest BCUT2D eigenvalue weighted by molar-refractivity contribution is 5.93. The van der Waals surface area contributed by atoms with Crippen molar-refractivity contribution in [3.05, 3.63) is 36.3 Å². The molecule has 3 aromatic rings. The SMILES string of the molecule is CC(=O)c1nnc2ncc3ccccc3n12. The first-order chi connectivity index (χ1) is 7.77. The Balaban J connectivity index is 2.56. The van der Waals surface area contributed by atoms with E-state index in [1.807, 2.05) is 24.3 Å². The van der Waals surface area contributed by atoms with Gasteiger partial charge in [-0.1, -0.05) is 18.2 Å². The number of Topliss-reactive ketones (excluding diaryl/α,β-unsaturated/α-hetero) is 1. The van der Waals surface area contributed by atoms with Crippen molar-refractivity contribution in [2.24, 2.45) is 0 Å². The zero-order valence-electron chi connectivity index (χ0n) is 8.58. The Morgan fingerprint density at radius 2 is 2.06 bits per heavy atom. The lowest BCUT2D eigenvalue weighted by atomic mass is 10.2. The van der Waals surface area contributed by atoms with Crippen LogP contribution in [0.3, 0.4) is 0 Å². The Hall–Kier alpha value is -2.30. The van der Waals surface area contributed by atoms with Crippen molar-refractivity contribution in [2.45, 2.75) is 6.92 Å². The first kappa shape index (κ1) is 8.96. The molecule has 2 heterocycles. The third-order valence-electron chi connectivity index (χ3n) is 2.46. The van der Waals surface area contributed by atoms with E-state index in [1.54, 1.807) is 10.6 Å². The molecule has 78 valence electrons. The van der Waals surface area contributed by atoms with Crippen molar-refractivity contribution in [2.75, 3.05) is 0 Å². The number of rotatable bonds is 1. The van der Waals surface area contributed by atoms with E-state index < -0.39 is 0 Å². The minimum absolute atomic E-state index is 0.120. The number of benzene rings is 1. The van der Waals surface area contributed by atoms with Crippen LogP contribution in [0.1, 0.15) is 17.5 Å². The quantitative estimate of drug-likeness (QED) is 0.573. The summed E-state index contributed by atoms with van der Waals surface area (Å²) in [6.45, 7) is 1.47. The van der Waals surface area contributed by atoms with Gasteiger partial charge in [0.25, 0.3) is 5.78 Å². The maximum atomic E-state index is 11.4. The van der Waals surface area contributed by atoms with Gasteiger partial charge in [-0.3, -0.25) is 9.20 Å². The average molecular weight is 212 g/mol. The lowest BCUT2D eigenvalue weighted by Crippen LogP contribution is -2.02. The number of nitrogens with zero attached hydrogens (tertiary/aromatic N) is 4. The molecule has 0 N–H and O–H groups in total. The fourth-order valence-corrected chi connectivity index (χ4v) is 1.74. The standard InChI is InChI=1S/C11H8N4O/c1-7(16)10-13-14-11-12-6-8-4-2-3-5-9(8)15(10)11/h2-6H,1H3. The highest BCUT2D eigenvalue weighted by Crippen LogP contribution is 2.15. The van der Waals surface area contributed by atoms with E-state index in [0.29, 0.717) is 11.6 Å². The van der Waals surface area contributed by atoms with Crippen LogP contribution in [-0.4, -0.2) is 25.4 Å². The summed E-state index contributed by atoms with van der Waals surface area (Å²) in [6, 6.07) is 7.69. The van der Waals surface area contributed by atoms with Gasteiger partial charge in [-0.2, -0.15) is 0 Å². The monoisotopic (exact) mass is 212 g/mol. The van der Waals surface area contributed by atoms with Gasteiger partial charge in [-0.25, -0.2) is 4.98 Å². The Labute approximate surface area is 90.8 Å². The lowest BCUT2D eigenvalue weighted by Gasteiger charge is -2.01. The summed E-state index contributed by atoms with van der Waals surface area (Å²) in [6.07, 6.45) is 1.73. The predicted octanol–water partition coefficient (Wildman–Crippen LogP) is 1.48. The van der Waals surface area contributed by atoms with Crippen LogP contribution in [0.5, 0.6) is 0 Å². The smallest absolute Gasteiger partial charge is 0.255 e. The van der Waals surface area contributed by atoms with E-state index in [0.717, 1.165) is 10.9 Å². The summed E-state index contributed by atoms with van der Waals surface area (Å²) >= 11 is 0. The zero-order valence-corrected chi connectivity index (χ0v) is 8.58. The fraction of sp³-hybridized carbons (Fsp3) is 0.0909. The van der Waals surface area contributed by atoms with Crippen molar-refractivity contribution in [1.29, 1.82) is 0 Å². The van der Waals surface area contributed by atoms with Gasteiger partial charge >= 0.3 is 0 Å². The Morgan fingerprint density at radius 1 is 1.25 bits per heavy atom. The number of para-hydroxylation sites is 1. The largest absolute Gasteiger partial charge is 0.291 e. The van der Waals surface area contributed by atoms with Gasteiger partial charge in [0.05, 0.1) is 5.52 Å². The van der Waals surface area contributed by atoms with Gasteiger partial charge in [-0.15, -0.1) is 10.2 Å². The molecule has 0 fully saturated rings. The van der Waals surface area contributed by atoms with Crippen LogP contribution < -0.4 is 0 Å². The molecule has 0 aliphatic heterocycles. The van der Waals surface area contributed by atoms with Crippen LogP contribution in [0.2, 0.25) is 0 Å². The number of hydrogen-bond acceptors (Lipinski definition) is 4. The fourth-order valence-electron chi connectivity index (χ4n) is 1.74. The van der Waals surface area contributed by atoms with E-state index >= 15 is 0 Å². The molecular formula is C11H8N4O. The van der Waals surface area contributed by atoms with Gasteiger partial charge in [0.2, 0.25) is 5.82 Å². The molecule has 2 aromatic heterocycles. The first-order valence-electron chi connectivity index (χ1n) is 4.87. The van der Waals surface area contributed by atoms with E-state index in [9.17, 15) is 4.79 Å². The molecule has 0 amide bonds. The van der Waals surface area contributed by atoms with Gasteiger partial charge in [0.15, 0.2) is 5.78 Å². The highest BCUT2D eigenvalue weighted by atomic mass is 16.1. The van der Waals surface area contributed by atoms with Crippen LogP contribution in [0.4, 0.5) is 0 Å². The van der Waals surface area contributed by atoms with Crippen LogP contribution in [0.25, 0.3) is 16.7 Å². The van der Waals surface area contributed by atoms with Crippen molar-refractivity contribution in [3.63, 3.8) is 0 Å². The summed E-state index contributed by atoms with van der Waals surface area (Å²) < 4.78 is 1.68. The summed E-state index contributed by atoms with van der Waals surface area (Å²) in [7, 11) is 0. The molecule has 0 radical (unpaired) electrons. The van der Waals surface area contributed by atoms with E-state index in [-0.39, 0.29) is 5.78 Å². The minimum Gasteiger partial charge on any atom is -0.291 e. The Morgan fingerprint density at radius 3 is 2.88 bits per heavy atom. The molecule has 0 saturated heterocycles. The lowest BCUT2D eigenvalue weighted by molar-refractivity contribution is 0.100. The molecular weight excluding hydrogens is 204 g/mol. The topological polar surface area (TPSA) is 60.2 Å². The summed E-state index contributed by atoms with van der Waals surface area (Å²) in [5, 5.41) is 8.67. The normalized spacial score (nSPS) is 11.1. The Bertz CT molecular complexity index is 701. The van der Waals surface area contributed by atoms with Crippen LogP contribution in [0.15, 0.2) is 30.5 Å². The number of carbonyl (C=O) groups excluding carboxylic acids is 1. The van der Waals surface area contributed by atoms with E-state index in [1.165, 1.54) is 6.92 Å². The molecule has 0 unspecified atom stereocenters. The predicted molar refractivity (Wildman–Crippen MR) is 58.3 cm³/mol. The van der Waals surface area contributed by atoms with Crippen molar-refractivity contribution < 1.29 is 4.79 Å². The second-order valence-electron chi connectivity index (χ2n) is 3.53. The van der Waals surface area contributed by atoms with Gasteiger partial charge < -0.3 is 0 Å².